The van der Waals surface area contributed by atoms with E-state index in [1.54, 1.807) is 12.1 Å². The maximum absolute atomic E-state index is 10.4. The van der Waals surface area contributed by atoms with Gasteiger partial charge in [-0.1, -0.05) is 12.1 Å². The number of phenols is 1. The van der Waals surface area contributed by atoms with E-state index in [-0.39, 0.29) is 12.2 Å². The number of hydrogen-bond acceptors (Lipinski definition) is 6. The Morgan fingerprint density at radius 3 is 2.10 bits per heavy atom. The molecular formula is C13H20N2O6. The Morgan fingerprint density at radius 2 is 1.71 bits per heavy atom. The van der Waals surface area contributed by atoms with Crippen molar-refractivity contribution >= 4 is 11.9 Å². The van der Waals surface area contributed by atoms with Gasteiger partial charge in [-0.2, -0.15) is 0 Å². The Labute approximate surface area is 121 Å². The molecule has 1 aromatic carbocycles. The Kier molecular flexibility index (Phi) is 7.99. The predicted molar refractivity (Wildman–Crippen MR) is 74.6 cm³/mol. The molecule has 0 saturated heterocycles. The molecule has 0 heterocycles. The van der Waals surface area contributed by atoms with Gasteiger partial charge in [0.2, 0.25) is 0 Å². The normalized spacial score (nSPS) is 14.3. The quantitative estimate of drug-likeness (QED) is 0.428. The van der Waals surface area contributed by atoms with E-state index in [4.69, 9.17) is 26.8 Å². The van der Waals surface area contributed by atoms with E-state index < -0.39 is 30.1 Å². The molecule has 8 N–H and O–H groups in total. The SMILES string of the molecule is CC(N)C(=O)O.NC(CC(O)c1cccc(O)c1)C(=O)O. The summed E-state index contributed by atoms with van der Waals surface area (Å²) in [5, 5.41) is 35.2. The minimum absolute atomic E-state index is 0.0236. The maximum atomic E-state index is 10.4. The van der Waals surface area contributed by atoms with E-state index in [1.807, 2.05) is 0 Å². The minimum atomic E-state index is -1.16. The average molecular weight is 300 g/mol. The number of nitrogens with two attached hydrogens (primary N) is 2. The van der Waals surface area contributed by atoms with Crippen LogP contribution >= 0.6 is 0 Å². The molecule has 0 saturated carbocycles. The van der Waals surface area contributed by atoms with Gasteiger partial charge in [-0.05, 0) is 24.6 Å². The van der Waals surface area contributed by atoms with Crippen LogP contribution in [0.15, 0.2) is 24.3 Å². The number of carboxylic acid groups (broad SMARTS) is 2. The number of aliphatic hydroxyl groups excluding tert-OH is 1. The van der Waals surface area contributed by atoms with Crippen LogP contribution in [0.5, 0.6) is 5.75 Å². The number of rotatable bonds is 5. The Bertz CT molecular complexity index is 477. The van der Waals surface area contributed by atoms with Crippen molar-refractivity contribution in [3.8, 4) is 5.75 Å². The van der Waals surface area contributed by atoms with Gasteiger partial charge in [0.15, 0.2) is 0 Å². The summed E-state index contributed by atoms with van der Waals surface area (Å²) in [6.07, 6.45) is -1.07. The number of aliphatic carboxylic acids is 2. The molecule has 3 atom stereocenters. The summed E-state index contributed by atoms with van der Waals surface area (Å²) in [6.45, 7) is 1.42. The molecule has 21 heavy (non-hydrogen) atoms. The van der Waals surface area contributed by atoms with Gasteiger partial charge in [0.25, 0.3) is 0 Å². The van der Waals surface area contributed by atoms with Gasteiger partial charge in [-0.25, -0.2) is 0 Å². The molecule has 1 rings (SSSR count). The second-order valence-electron chi connectivity index (χ2n) is 4.42. The van der Waals surface area contributed by atoms with Crippen LogP contribution in [0.1, 0.15) is 25.0 Å². The molecule has 8 heteroatoms. The van der Waals surface area contributed by atoms with E-state index >= 15 is 0 Å². The fraction of sp³-hybridized carbons (Fsp3) is 0.385. The largest absolute Gasteiger partial charge is 0.508 e. The number of phenolic OH excluding ortho intramolecular Hbond substituents is 1. The van der Waals surface area contributed by atoms with Gasteiger partial charge < -0.3 is 31.9 Å². The van der Waals surface area contributed by atoms with E-state index in [9.17, 15) is 14.7 Å². The number of benzene rings is 1. The highest BCUT2D eigenvalue weighted by Gasteiger charge is 2.18. The van der Waals surface area contributed by atoms with Crippen LogP contribution < -0.4 is 11.5 Å². The lowest BCUT2D eigenvalue weighted by Gasteiger charge is -2.13. The van der Waals surface area contributed by atoms with Crippen molar-refractivity contribution in [2.75, 3.05) is 0 Å². The predicted octanol–water partition coefficient (Wildman–Crippen LogP) is -0.354. The minimum Gasteiger partial charge on any atom is -0.508 e. The lowest BCUT2D eigenvalue weighted by molar-refractivity contribution is -0.139. The fourth-order valence-electron chi connectivity index (χ4n) is 1.21. The lowest BCUT2D eigenvalue weighted by atomic mass is 10.0. The summed E-state index contributed by atoms with van der Waals surface area (Å²) in [7, 11) is 0. The molecule has 3 unspecified atom stereocenters. The first-order chi connectivity index (χ1) is 9.65. The van der Waals surface area contributed by atoms with E-state index in [0.717, 1.165) is 0 Å². The van der Waals surface area contributed by atoms with Crippen molar-refractivity contribution < 1.29 is 30.0 Å². The summed E-state index contributed by atoms with van der Waals surface area (Å²) in [5.41, 5.74) is 10.6. The van der Waals surface area contributed by atoms with Gasteiger partial charge in [0.1, 0.15) is 17.8 Å². The highest BCUT2D eigenvalue weighted by atomic mass is 16.4. The topological polar surface area (TPSA) is 167 Å². The summed E-state index contributed by atoms with van der Waals surface area (Å²) in [5.74, 6) is -2.10. The van der Waals surface area contributed by atoms with Crippen LogP contribution in [-0.4, -0.2) is 44.4 Å². The number of hydrogen-bond donors (Lipinski definition) is 6. The van der Waals surface area contributed by atoms with Gasteiger partial charge in [-0.3, -0.25) is 9.59 Å². The van der Waals surface area contributed by atoms with Crippen LogP contribution in [0.3, 0.4) is 0 Å². The molecule has 0 amide bonds. The van der Waals surface area contributed by atoms with Crippen LogP contribution in [-0.2, 0) is 9.59 Å². The Hall–Kier alpha value is -2.16. The molecule has 0 aliphatic heterocycles. The van der Waals surface area contributed by atoms with E-state index in [2.05, 4.69) is 0 Å². The Balaban J connectivity index is 0.000000567. The van der Waals surface area contributed by atoms with Crippen molar-refractivity contribution in [1.29, 1.82) is 0 Å². The fourth-order valence-corrected chi connectivity index (χ4v) is 1.21. The molecule has 0 bridgehead atoms. The van der Waals surface area contributed by atoms with Gasteiger partial charge >= 0.3 is 11.9 Å². The molecule has 0 aromatic heterocycles. The molecule has 118 valence electrons. The number of carboxylic acids is 2. The highest BCUT2D eigenvalue weighted by molar-refractivity contribution is 5.73. The first-order valence-corrected chi connectivity index (χ1v) is 6.09. The summed E-state index contributed by atoms with van der Waals surface area (Å²) in [4.78, 5) is 20.0. The van der Waals surface area contributed by atoms with Crippen molar-refractivity contribution in [2.45, 2.75) is 31.5 Å². The van der Waals surface area contributed by atoms with Gasteiger partial charge in [0.05, 0.1) is 6.10 Å². The van der Waals surface area contributed by atoms with E-state index in [1.165, 1.54) is 19.1 Å². The van der Waals surface area contributed by atoms with Crippen LogP contribution in [0, 0.1) is 0 Å². The second kappa shape index (κ2) is 8.90. The number of carbonyl (C=O) groups is 2. The van der Waals surface area contributed by atoms with E-state index in [0.29, 0.717) is 5.56 Å². The number of aliphatic hydroxyl groups is 1. The third-order valence-electron chi connectivity index (χ3n) is 2.44. The average Bonchev–Trinajstić information content (AvgIpc) is 2.39. The molecule has 0 aliphatic rings. The monoisotopic (exact) mass is 300 g/mol. The molecule has 0 aliphatic carbocycles. The van der Waals surface area contributed by atoms with Crippen molar-refractivity contribution in [2.24, 2.45) is 11.5 Å². The molecule has 0 spiro atoms. The first-order valence-electron chi connectivity index (χ1n) is 6.09. The zero-order valence-corrected chi connectivity index (χ0v) is 11.5. The summed E-state index contributed by atoms with van der Waals surface area (Å²) >= 11 is 0. The third kappa shape index (κ3) is 7.88. The van der Waals surface area contributed by atoms with Gasteiger partial charge in [0, 0.05) is 6.42 Å². The molecule has 8 nitrogen and oxygen atoms in total. The van der Waals surface area contributed by atoms with Crippen molar-refractivity contribution in [1.82, 2.24) is 0 Å². The second-order valence-corrected chi connectivity index (χ2v) is 4.42. The number of aromatic hydroxyl groups is 1. The molecule has 0 fully saturated rings. The third-order valence-corrected chi connectivity index (χ3v) is 2.44. The molecule has 1 aromatic rings. The van der Waals surface area contributed by atoms with Crippen LogP contribution in [0.25, 0.3) is 0 Å². The molecular weight excluding hydrogens is 280 g/mol. The molecule has 0 radical (unpaired) electrons. The smallest absolute Gasteiger partial charge is 0.320 e. The van der Waals surface area contributed by atoms with Crippen molar-refractivity contribution in [3.63, 3.8) is 0 Å². The summed E-state index contributed by atoms with van der Waals surface area (Å²) < 4.78 is 0. The highest BCUT2D eigenvalue weighted by Crippen LogP contribution is 2.21. The van der Waals surface area contributed by atoms with Crippen LogP contribution in [0.2, 0.25) is 0 Å². The lowest BCUT2D eigenvalue weighted by Crippen LogP contribution is -2.31. The van der Waals surface area contributed by atoms with Crippen molar-refractivity contribution in [3.05, 3.63) is 29.8 Å². The Morgan fingerprint density at radius 1 is 1.19 bits per heavy atom. The van der Waals surface area contributed by atoms with Gasteiger partial charge in [-0.15, -0.1) is 0 Å². The summed E-state index contributed by atoms with van der Waals surface area (Å²) in [6, 6.07) is 4.17. The standard InChI is InChI=1S/C10H13NO4.C3H7NO2/c11-8(10(14)15)5-9(13)6-2-1-3-7(12)4-6;1-2(4)3(5)6/h1-4,8-9,12-13H,5,11H2,(H,14,15);2H,4H2,1H3,(H,5,6). The van der Waals surface area contributed by atoms with Crippen LogP contribution in [0.4, 0.5) is 0 Å². The zero-order valence-electron chi connectivity index (χ0n) is 11.5. The first kappa shape index (κ1) is 18.8. The zero-order chi connectivity index (χ0) is 16.6. The maximum Gasteiger partial charge on any atom is 0.320 e.